The third-order valence-corrected chi connectivity index (χ3v) is 3.24. The summed E-state index contributed by atoms with van der Waals surface area (Å²) < 4.78 is 5.36. The van der Waals surface area contributed by atoms with E-state index in [-0.39, 0.29) is 18.2 Å². The lowest BCUT2D eigenvalue weighted by Crippen LogP contribution is -2.32. The van der Waals surface area contributed by atoms with Crippen molar-refractivity contribution in [2.24, 2.45) is 5.92 Å². The first-order valence-electron chi connectivity index (χ1n) is 6.17. The highest BCUT2D eigenvalue weighted by Crippen LogP contribution is 2.13. The molecule has 0 bridgehead atoms. The number of thioether (sulfide) groups is 1. The summed E-state index contributed by atoms with van der Waals surface area (Å²) in [6.45, 7) is 2.04. The number of carboxylic acids is 1. The van der Waals surface area contributed by atoms with Gasteiger partial charge in [-0.05, 0) is 24.8 Å². The number of amides is 1. The summed E-state index contributed by atoms with van der Waals surface area (Å²) in [5.74, 6) is -0.124. The van der Waals surface area contributed by atoms with Crippen LogP contribution in [0.15, 0.2) is 16.5 Å². The molecule has 0 aliphatic carbocycles. The molecule has 19 heavy (non-hydrogen) atoms. The zero-order chi connectivity index (χ0) is 14.3. The molecule has 0 spiro atoms. The largest absolute Gasteiger partial charge is 0.481 e. The van der Waals surface area contributed by atoms with E-state index in [1.165, 1.54) is 0 Å². The molecule has 0 saturated carbocycles. The fourth-order valence-corrected chi connectivity index (χ4v) is 2.12. The zero-order valence-electron chi connectivity index (χ0n) is 11.1. The van der Waals surface area contributed by atoms with Gasteiger partial charge in [0, 0.05) is 6.54 Å². The third-order valence-electron chi connectivity index (χ3n) is 2.67. The SMILES string of the molecule is CCCC(CNC(=O)c1ccc(CSC)o1)C(=O)O. The van der Waals surface area contributed by atoms with Crippen molar-refractivity contribution in [3.63, 3.8) is 0 Å². The molecule has 1 unspecified atom stereocenters. The highest BCUT2D eigenvalue weighted by atomic mass is 32.2. The number of nitrogens with one attached hydrogen (secondary N) is 1. The van der Waals surface area contributed by atoms with Crippen molar-refractivity contribution in [2.45, 2.75) is 25.5 Å². The van der Waals surface area contributed by atoms with E-state index in [1.54, 1.807) is 23.9 Å². The second kappa shape index (κ2) is 7.89. The van der Waals surface area contributed by atoms with Gasteiger partial charge >= 0.3 is 5.97 Å². The van der Waals surface area contributed by atoms with Crippen molar-refractivity contribution in [3.8, 4) is 0 Å². The number of carbonyl (C=O) groups is 2. The van der Waals surface area contributed by atoms with E-state index in [1.807, 2.05) is 13.2 Å². The molecule has 106 valence electrons. The minimum atomic E-state index is -0.885. The van der Waals surface area contributed by atoms with Crippen molar-refractivity contribution in [1.29, 1.82) is 0 Å². The molecule has 2 N–H and O–H groups in total. The second-order valence-corrected chi connectivity index (χ2v) is 5.10. The van der Waals surface area contributed by atoms with Crippen LogP contribution in [0.5, 0.6) is 0 Å². The van der Waals surface area contributed by atoms with E-state index in [0.29, 0.717) is 12.2 Å². The number of rotatable bonds is 8. The van der Waals surface area contributed by atoms with Crippen LogP contribution in [-0.2, 0) is 10.5 Å². The van der Waals surface area contributed by atoms with E-state index in [9.17, 15) is 9.59 Å². The molecule has 0 aliphatic rings. The van der Waals surface area contributed by atoms with E-state index in [2.05, 4.69) is 5.32 Å². The number of carboxylic acid groups (broad SMARTS) is 1. The summed E-state index contributed by atoms with van der Waals surface area (Å²) in [4.78, 5) is 22.7. The monoisotopic (exact) mass is 285 g/mol. The molecule has 6 heteroatoms. The Balaban J connectivity index is 2.51. The molecule has 1 rings (SSSR count). The van der Waals surface area contributed by atoms with Crippen LogP contribution in [0.1, 0.15) is 36.1 Å². The van der Waals surface area contributed by atoms with Crippen LogP contribution in [0, 0.1) is 5.92 Å². The first-order valence-corrected chi connectivity index (χ1v) is 7.56. The van der Waals surface area contributed by atoms with E-state index >= 15 is 0 Å². The molecule has 0 radical (unpaired) electrons. The summed E-state index contributed by atoms with van der Waals surface area (Å²) in [5.41, 5.74) is 0. The van der Waals surface area contributed by atoms with E-state index < -0.39 is 11.9 Å². The maximum atomic E-state index is 11.8. The van der Waals surface area contributed by atoms with Gasteiger partial charge in [-0.1, -0.05) is 13.3 Å². The standard InChI is InChI=1S/C13H19NO4S/c1-3-4-9(13(16)17)7-14-12(15)11-6-5-10(18-11)8-19-2/h5-6,9H,3-4,7-8H2,1-2H3,(H,14,15)(H,16,17). The number of furan rings is 1. The summed E-state index contributed by atoms with van der Waals surface area (Å²) in [6.07, 6.45) is 3.27. The Morgan fingerprint density at radius 1 is 1.47 bits per heavy atom. The predicted molar refractivity (Wildman–Crippen MR) is 74.3 cm³/mol. The molecule has 1 heterocycles. The normalized spacial score (nSPS) is 12.1. The Hall–Kier alpha value is -1.43. The van der Waals surface area contributed by atoms with Crippen molar-refractivity contribution in [1.82, 2.24) is 5.32 Å². The molecule has 0 aromatic carbocycles. The quantitative estimate of drug-likeness (QED) is 0.766. The molecule has 0 saturated heterocycles. The van der Waals surface area contributed by atoms with Crippen molar-refractivity contribution >= 4 is 23.6 Å². The Kier molecular flexibility index (Phi) is 6.49. The smallest absolute Gasteiger partial charge is 0.308 e. The minimum Gasteiger partial charge on any atom is -0.481 e. The molecule has 5 nitrogen and oxygen atoms in total. The molecule has 1 atom stereocenters. The van der Waals surface area contributed by atoms with Crippen LogP contribution in [0.25, 0.3) is 0 Å². The summed E-state index contributed by atoms with van der Waals surface area (Å²) in [5, 5.41) is 11.6. The van der Waals surface area contributed by atoms with Gasteiger partial charge < -0.3 is 14.8 Å². The minimum absolute atomic E-state index is 0.126. The van der Waals surface area contributed by atoms with Gasteiger partial charge in [-0.15, -0.1) is 0 Å². The van der Waals surface area contributed by atoms with Gasteiger partial charge in [0.2, 0.25) is 0 Å². The average Bonchev–Trinajstić information content (AvgIpc) is 2.83. The van der Waals surface area contributed by atoms with Crippen molar-refractivity contribution < 1.29 is 19.1 Å². The maximum absolute atomic E-state index is 11.8. The van der Waals surface area contributed by atoms with Crippen LogP contribution >= 0.6 is 11.8 Å². The Bertz CT molecular complexity index is 430. The highest BCUT2D eigenvalue weighted by molar-refractivity contribution is 7.97. The average molecular weight is 285 g/mol. The maximum Gasteiger partial charge on any atom is 0.308 e. The summed E-state index contributed by atoms with van der Waals surface area (Å²) >= 11 is 1.61. The first kappa shape index (κ1) is 15.6. The lowest BCUT2D eigenvalue weighted by molar-refractivity contribution is -0.141. The molecular weight excluding hydrogens is 266 g/mol. The number of hydrogen-bond donors (Lipinski definition) is 2. The van der Waals surface area contributed by atoms with Gasteiger partial charge in [-0.2, -0.15) is 11.8 Å². The lowest BCUT2D eigenvalue weighted by Gasteiger charge is -2.11. The molecule has 0 fully saturated rings. The van der Waals surface area contributed by atoms with Crippen LogP contribution in [0.2, 0.25) is 0 Å². The molecule has 1 aromatic heterocycles. The zero-order valence-corrected chi connectivity index (χ0v) is 12.0. The van der Waals surface area contributed by atoms with Crippen LogP contribution in [0.4, 0.5) is 0 Å². The van der Waals surface area contributed by atoms with E-state index in [0.717, 1.165) is 12.2 Å². The van der Waals surface area contributed by atoms with Crippen LogP contribution in [-0.4, -0.2) is 29.8 Å². The molecule has 1 amide bonds. The molecule has 1 aromatic rings. The van der Waals surface area contributed by atoms with Gasteiger partial charge in [0.05, 0.1) is 11.7 Å². The van der Waals surface area contributed by atoms with Gasteiger partial charge in [-0.3, -0.25) is 9.59 Å². The van der Waals surface area contributed by atoms with Gasteiger partial charge in [-0.25, -0.2) is 0 Å². The van der Waals surface area contributed by atoms with Gasteiger partial charge in [0.15, 0.2) is 5.76 Å². The van der Waals surface area contributed by atoms with Crippen molar-refractivity contribution in [2.75, 3.05) is 12.8 Å². The topological polar surface area (TPSA) is 79.5 Å². The Morgan fingerprint density at radius 3 is 2.79 bits per heavy atom. The predicted octanol–water partition coefficient (Wildman–Crippen LogP) is 2.37. The highest BCUT2D eigenvalue weighted by Gasteiger charge is 2.18. The molecular formula is C13H19NO4S. The Labute approximate surface area is 116 Å². The first-order chi connectivity index (χ1) is 9.08. The van der Waals surface area contributed by atoms with E-state index in [4.69, 9.17) is 9.52 Å². The fourth-order valence-electron chi connectivity index (χ4n) is 1.68. The second-order valence-electron chi connectivity index (χ2n) is 4.23. The van der Waals surface area contributed by atoms with Crippen molar-refractivity contribution in [3.05, 3.63) is 23.7 Å². The third kappa shape index (κ3) is 4.98. The fraction of sp³-hybridized carbons (Fsp3) is 0.538. The summed E-state index contributed by atoms with van der Waals surface area (Å²) in [6, 6.07) is 3.36. The number of carbonyl (C=O) groups excluding carboxylic acids is 1. The number of hydrogen-bond acceptors (Lipinski definition) is 4. The summed E-state index contributed by atoms with van der Waals surface area (Å²) in [7, 11) is 0. The molecule has 0 aliphatic heterocycles. The van der Waals surface area contributed by atoms with Crippen LogP contribution in [0.3, 0.4) is 0 Å². The van der Waals surface area contributed by atoms with Gasteiger partial charge in [0.25, 0.3) is 5.91 Å². The van der Waals surface area contributed by atoms with Crippen LogP contribution < -0.4 is 5.32 Å². The number of aliphatic carboxylic acids is 1. The van der Waals surface area contributed by atoms with Gasteiger partial charge in [0.1, 0.15) is 5.76 Å². The Morgan fingerprint density at radius 2 is 2.21 bits per heavy atom. The lowest BCUT2D eigenvalue weighted by atomic mass is 10.0.